The molecule has 5 heteroatoms. The fourth-order valence-corrected chi connectivity index (χ4v) is 2.97. The molecule has 2 rings (SSSR count). The number of likely N-dealkylation sites (tertiary alicyclic amines) is 1. The van der Waals surface area contributed by atoms with Crippen molar-refractivity contribution < 1.29 is 9.84 Å². The van der Waals surface area contributed by atoms with Gasteiger partial charge in [0.15, 0.2) is 0 Å². The molecule has 0 spiro atoms. The molecular weight excluding hydrogens is 242 g/mol. The Bertz CT molecular complexity index is 429. The molecule has 0 bridgehead atoms. The van der Waals surface area contributed by atoms with Crippen LogP contribution in [0.5, 0.6) is 5.88 Å². The van der Waals surface area contributed by atoms with E-state index >= 15 is 0 Å². The molecule has 2 atom stereocenters. The highest BCUT2D eigenvalue weighted by atomic mass is 16.5. The molecule has 1 aromatic rings. The van der Waals surface area contributed by atoms with E-state index in [0.29, 0.717) is 5.92 Å². The van der Waals surface area contributed by atoms with Gasteiger partial charge < -0.3 is 9.84 Å². The third-order valence-corrected chi connectivity index (χ3v) is 4.09. The van der Waals surface area contributed by atoms with E-state index in [1.165, 1.54) is 0 Å². The van der Waals surface area contributed by atoms with Crippen molar-refractivity contribution in [2.75, 3.05) is 20.2 Å². The number of aryl methyl sites for hydroxylation is 2. The summed E-state index contributed by atoms with van der Waals surface area (Å²) in [7, 11) is 3.60. The monoisotopic (exact) mass is 267 g/mol. The molecule has 19 heavy (non-hydrogen) atoms. The standard InChI is InChI=1S/C14H25N3O2/c1-10-13(14(19-4)16(3)15-10)9-17-7-5-6-12(8-17)11(2)18/h11-12,18H,5-9H2,1-4H3. The van der Waals surface area contributed by atoms with E-state index in [1.54, 1.807) is 11.8 Å². The summed E-state index contributed by atoms with van der Waals surface area (Å²) in [4.78, 5) is 2.40. The lowest BCUT2D eigenvalue weighted by molar-refractivity contribution is 0.0595. The third-order valence-electron chi connectivity index (χ3n) is 4.09. The molecule has 0 radical (unpaired) electrons. The van der Waals surface area contributed by atoms with E-state index in [4.69, 9.17) is 4.74 Å². The normalized spacial score (nSPS) is 22.5. The van der Waals surface area contributed by atoms with E-state index < -0.39 is 0 Å². The molecule has 1 aromatic heterocycles. The Hall–Kier alpha value is -1.07. The molecule has 1 saturated heterocycles. The van der Waals surface area contributed by atoms with Crippen LogP contribution in [0.3, 0.4) is 0 Å². The van der Waals surface area contributed by atoms with Gasteiger partial charge in [-0.1, -0.05) is 0 Å². The summed E-state index contributed by atoms with van der Waals surface area (Å²) in [5, 5.41) is 14.2. The van der Waals surface area contributed by atoms with Gasteiger partial charge in [0, 0.05) is 20.1 Å². The third kappa shape index (κ3) is 3.09. The van der Waals surface area contributed by atoms with E-state index in [0.717, 1.165) is 49.6 Å². The summed E-state index contributed by atoms with van der Waals surface area (Å²) in [6, 6.07) is 0. The van der Waals surface area contributed by atoms with Gasteiger partial charge in [-0.3, -0.25) is 4.90 Å². The van der Waals surface area contributed by atoms with Crippen LogP contribution in [0.1, 0.15) is 31.0 Å². The number of rotatable bonds is 4. The number of hydrogen-bond donors (Lipinski definition) is 1. The zero-order valence-corrected chi connectivity index (χ0v) is 12.4. The maximum absolute atomic E-state index is 9.75. The van der Waals surface area contributed by atoms with Crippen LogP contribution in [0, 0.1) is 12.8 Å². The molecule has 0 saturated carbocycles. The summed E-state index contributed by atoms with van der Waals surface area (Å²) in [6.07, 6.45) is 2.05. The molecule has 0 aliphatic carbocycles. The number of aliphatic hydroxyl groups is 1. The number of aromatic nitrogens is 2. The van der Waals surface area contributed by atoms with Crippen molar-refractivity contribution in [1.82, 2.24) is 14.7 Å². The molecule has 0 aromatic carbocycles. The Morgan fingerprint density at radius 1 is 1.53 bits per heavy atom. The lowest BCUT2D eigenvalue weighted by Crippen LogP contribution is -2.39. The van der Waals surface area contributed by atoms with Crippen molar-refractivity contribution in [2.45, 2.75) is 39.3 Å². The fourth-order valence-electron chi connectivity index (χ4n) is 2.97. The van der Waals surface area contributed by atoms with Crippen molar-refractivity contribution in [3.63, 3.8) is 0 Å². The van der Waals surface area contributed by atoms with Gasteiger partial charge in [-0.15, -0.1) is 0 Å². The van der Waals surface area contributed by atoms with Gasteiger partial charge in [0.05, 0.1) is 24.5 Å². The number of methoxy groups -OCH3 is 1. The van der Waals surface area contributed by atoms with Crippen LogP contribution in [0.15, 0.2) is 0 Å². The van der Waals surface area contributed by atoms with Gasteiger partial charge in [-0.05, 0) is 39.2 Å². The lowest BCUT2D eigenvalue weighted by atomic mass is 9.93. The van der Waals surface area contributed by atoms with Gasteiger partial charge in [0.2, 0.25) is 5.88 Å². The fraction of sp³-hybridized carbons (Fsp3) is 0.786. The summed E-state index contributed by atoms with van der Waals surface area (Å²) in [6.45, 7) is 6.81. The van der Waals surface area contributed by atoms with Crippen molar-refractivity contribution in [3.05, 3.63) is 11.3 Å². The molecule has 1 fully saturated rings. The second kappa shape index (κ2) is 5.92. The quantitative estimate of drug-likeness (QED) is 0.894. The zero-order chi connectivity index (χ0) is 14.0. The highest BCUT2D eigenvalue weighted by Crippen LogP contribution is 2.26. The molecular formula is C14H25N3O2. The van der Waals surface area contributed by atoms with Gasteiger partial charge in [0.25, 0.3) is 0 Å². The summed E-state index contributed by atoms with van der Waals surface area (Å²) < 4.78 is 7.23. The minimum atomic E-state index is -0.223. The predicted molar refractivity (Wildman–Crippen MR) is 74.2 cm³/mol. The van der Waals surface area contributed by atoms with Crippen LogP contribution < -0.4 is 4.74 Å². The number of piperidine rings is 1. The van der Waals surface area contributed by atoms with Crippen LogP contribution >= 0.6 is 0 Å². The van der Waals surface area contributed by atoms with E-state index in [-0.39, 0.29) is 6.10 Å². The largest absolute Gasteiger partial charge is 0.481 e. The molecule has 2 unspecified atom stereocenters. The Balaban J connectivity index is 2.08. The first kappa shape index (κ1) is 14.3. The molecule has 5 nitrogen and oxygen atoms in total. The van der Waals surface area contributed by atoms with Crippen LogP contribution in [-0.4, -0.2) is 46.1 Å². The Morgan fingerprint density at radius 3 is 2.89 bits per heavy atom. The Labute approximate surface area is 115 Å². The second-order valence-corrected chi connectivity index (χ2v) is 5.57. The van der Waals surface area contributed by atoms with Crippen molar-refractivity contribution in [1.29, 1.82) is 0 Å². The van der Waals surface area contributed by atoms with Crippen LogP contribution in [0.4, 0.5) is 0 Å². The summed E-state index contributed by atoms with van der Waals surface area (Å²) in [5.41, 5.74) is 2.19. The molecule has 1 N–H and O–H groups in total. The number of aliphatic hydroxyl groups excluding tert-OH is 1. The molecule has 2 heterocycles. The minimum absolute atomic E-state index is 0.223. The average Bonchev–Trinajstić information content (AvgIpc) is 2.64. The van der Waals surface area contributed by atoms with Gasteiger partial charge in [-0.2, -0.15) is 5.10 Å². The van der Waals surface area contributed by atoms with Crippen molar-refractivity contribution >= 4 is 0 Å². The topological polar surface area (TPSA) is 50.5 Å². The molecule has 108 valence electrons. The average molecular weight is 267 g/mol. The Kier molecular flexibility index (Phi) is 4.47. The molecule has 0 amide bonds. The Morgan fingerprint density at radius 2 is 2.26 bits per heavy atom. The zero-order valence-electron chi connectivity index (χ0n) is 12.4. The maximum Gasteiger partial charge on any atom is 0.216 e. The first-order valence-corrected chi connectivity index (χ1v) is 6.99. The SMILES string of the molecule is COc1c(CN2CCCC(C(C)O)C2)c(C)nn1C. The van der Waals surface area contributed by atoms with Gasteiger partial charge in [-0.25, -0.2) is 4.68 Å². The van der Waals surface area contributed by atoms with Gasteiger partial charge >= 0.3 is 0 Å². The highest BCUT2D eigenvalue weighted by Gasteiger charge is 2.25. The van der Waals surface area contributed by atoms with E-state index in [2.05, 4.69) is 10.00 Å². The van der Waals surface area contributed by atoms with Crippen molar-refractivity contribution in [2.24, 2.45) is 13.0 Å². The first-order valence-electron chi connectivity index (χ1n) is 6.99. The number of ether oxygens (including phenoxy) is 1. The van der Waals surface area contributed by atoms with E-state index in [1.807, 2.05) is 20.9 Å². The van der Waals surface area contributed by atoms with Gasteiger partial charge in [0.1, 0.15) is 0 Å². The number of hydrogen-bond acceptors (Lipinski definition) is 4. The van der Waals surface area contributed by atoms with Crippen LogP contribution in [-0.2, 0) is 13.6 Å². The first-order chi connectivity index (χ1) is 9.02. The van der Waals surface area contributed by atoms with Crippen LogP contribution in [0.25, 0.3) is 0 Å². The maximum atomic E-state index is 9.75. The summed E-state index contributed by atoms with van der Waals surface area (Å²) in [5.74, 6) is 1.23. The van der Waals surface area contributed by atoms with Crippen LogP contribution in [0.2, 0.25) is 0 Å². The van der Waals surface area contributed by atoms with E-state index in [9.17, 15) is 5.11 Å². The lowest BCUT2D eigenvalue weighted by Gasteiger charge is -2.34. The highest BCUT2D eigenvalue weighted by molar-refractivity contribution is 5.30. The molecule has 1 aliphatic heterocycles. The predicted octanol–water partition coefficient (Wildman–Crippen LogP) is 1.33. The second-order valence-electron chi connectivity index (χ2n) is 5.57. The summed E-state index contributed by atoms with van der Waals surface area (Å²) >= 11 is 0. The van der Waals surface area contributed by atoms with Crippen molar-refractivity contribution in [3.8, 4) is 5.88 Å². The smallest absolute Gasteiger partial charge is 0.216 e. The molecule has 1 aliphatic rings. The number of nitrogens with zero attached hydrogens (tertiary/aromatic N) is 3. The minimum Gasteiger partial charge on any atom is -0.481 e.